The van der Waals surface area contributed by atoms with Gasteiger partial charge in [-0.05, 0) is 54.3 Å². The Hall–Kier alpha value is -2.41. The molecule has 0 radical (unpaired) electrons. The normalized spacial score (nSPS) is 22.8. The number of fused-ring (bicyclic) bond motifs is 2. The van der Waals surface area contributed by atoms with Gasteiger partial charge in [-0.2, -0.15) is 5.26 Å². The lowest BCUT2D eigenvalue weighted by Crippen LogP contribution is -2.34. The monoisotopic (exact) mass is 343 g/mol. The molecule has 0 amide bonds. The van der Waals surface area contributed by atoms with E-state index in [1.54, 1.807) is 6.08 Å². The van der Waals surface area contributed by atoms with Crippen LogP contribution in [0, 0.1) is 11.3 Å². The molecule has 2 aromatic rings. The number of benzene rings is 2. The van der Waals surface area contributed by atoms with Crippen LogP contribution in [0.5, 0.6) is 0 Å². The van der Waals surface area contributed by atoms with E-state index in [0.29, 0.717) is 6.04 Å². The number of rotatable bonds is 1. The van der Waals surface area contributed by atoms with Gasteiger partial charge in [0.05, 0.1) is 6.07 Å². The van der Waals surface area contributed by atoms with Gasteiger partial charge < -0.3 is 4.90 Å². The molecule has 3 nitrogen and oxygen atoms in total. The minimum absolute atomic E-state index is 0.364. The molecule has 4 rings (SSSR count). The molecule has 0 N–H and O–H groups in total. The molecule has 1 aliphatic heterocycles. The maximum Gasteiger partial charge on any atom is 0.0918 e. The first-order valence-electron chi connectivity index (χ1n) is 9.48. The summed E-state index contributed by atoms with van der Waals surface area (Å²) in [7, 11) is 2.22. The van der Waals surface area contributed by atoms with Crippen molar-refractivity contribution in [1.29, 1.82) is 5.26 Å². The van der Waals surface area contributed by atoms with E-state index in [1.807, 2.05) is 0 Å². The Morgan fingerprint density at radius 1 is 0.962 bits per heavy atom. The average Bonchev–Trinajstić information content (AvgIpc) is 2.96. The Morgan fingerprint density at radius 2 is 1.73 bits per heavy atom. The zero-order valence-corrected chi connectivity index (χ0v) is 15.4. The lowest BCUT2D eigenvalue weighted by Gasteiger charge is -2.31. The highest BCUT2D eigenvalue weighted by Gasteiger charge is 2.29. The minimum Gasteiger partial charge on any atom is -0.305 e. The molecule has 1 fully saturated rings. The Balaban J connectivity index is 1.84. The Labute approximate surface area is 156 Å². The number of likely N-dealkylation sites (N-methyl/N-ethyl adjacent to an activating group) is 1. The fourth-order valence-electron chi connectivity index (χ4n) is 4.38. The van der Waals surface area contributed by atoms with E-state index < -0.39 is 0 Å². The highest BCUT2D eigenvalue weighted by atomic mass is 15.2. The molecule has 0 bridgehead atoms. The molecule has 1 atom stereocenters. The van der Waals surface area contributed by atoms with Crippen LogP contribution in [0.1, 0.15) is 34.7 Å². The van der Waals surface area contributed by atoms with E-state index in [1.165, 1.54) is 35.2 Å². The lowest BCUT2D eigenvalue weighted by atomic mass is 9.93. The third-order valence-electron chi connectivity index (χ3n) is 5.73. The number of nitriles is 1. The van der Waals surface area contributed by atoms with Crippen LogP contribution in [0.3, 0.4) is 0 Å². The molecular formula is C23H25N3. The van der Waals surface area contributed by atoms with Crippen molar-refractivity contribution in [3.8, 4) is 6.07 Å². The van der Waals surface area contributed by atoms with Crippen LogP contribution in [0.2, 0.25) is 0 Å². The molecule has 132 valence electrons. The summed E-state index contributed by atoms with van der Waals surface area (Å²) in [5, 5.41) is 9.40. The van der Waals surface area contributed by atoms with Crippen molar-refractivity contribution >= 4 is 5.57 Å². The molecule has 0 spiro atoms. The molecular weight excluding hydrogens is 318 g/mol. The van der Waals surface area contributed by atoms with Crippen LogP contribution in [0.4, 0.5) is 0 Å². The maximum absolute atomic E-state index is 9.40. The van der Waals surface area contributed by atoms with Gasteiger partial charge in [0.2, 0.25) is 0 Å². The van der Waals surface area contributed by atoms with E-state index in [-0.39, 0.29) is 0 Å². The summed E-state index contributed by atoms with van der Waals surface area (Å²) in [5.41, 5.74) is 6.17. The van der Waals surface area contributed by atoms with Gasteiger partial charge in [0.25, 0.3) is 0 Å². The zero-order chi connectivity index (χ0) is 17.9. The predicted molar refractivity (Wildman–Crippen MR) is 106 cm³/mol. The van der Waals surface area contributed by atoms with E-state index >= 15 is 0 Å². The second-order valence-electron chi connectivity index (χ2n) is 7.34. The van der Waals surface area contributed by atoms with Gasteiger partial charge in [0.15, 0.2) is 0 Å². The van der Waals surface area contributed by atoms with Crippen molar-refractivity contribution in [3.05, 3.63) is 76.9 Å². The Kier molecular flexibility index (Phi) is 4.88. The second-order valence-corrected chi connectivity index (χ2v) is 7.34. The third-order valence-corrected chi connectivity index (χ3v) is 5.73. The topological polar surface area (TPSA) is 30.3 Å². The molecule has 0 saturated carbocycles. The van der Waals surface area contributed by atoms with Crippen LogP contribution in [0.15, 0.2) is 54.6 Å². The van der Waals surface area contributed by atoms with Gasteiger partial charge in [-0.3, -0.25) is 4.90 Å². The van der Waals surface area contributed by atoms with Crippen molar-refractivity contribution in [2.75, 3.05) is 33.2 Å². The standard InChI is InChI=1S/C23H25N3/c1-25-13-6-14-26(16-15-25)23-17-18-7-2-3-8-19(18)21(11-12-24)20-9-4-5-10-22(20)23/h2-5,7-11,23H,6,13-17H2,1H3/b21-11-. The number of nitrogens with zero attached hydrogens (tertiary/aromatic N) is 3. The largest absolute Gasteiger partial charge is 0.305 e. The third kappa shape index (κ3) is 3.19. The van der Waals surface area contributed by atoms with E-state index in [2.05, 4.69) is 71.4 Å². The molecule has 0 aromatic heterocycles. The van der Waals surface area contributed by atoms with Crippen molar-refractivity contribution in [1.82, 2.24) is 9.80 Å². The first-order chi connectivity index (χ1) is 12.8. The minimum atomic E-state index is 0.364. The van der Waals surface area contributed by atoms with Gasteiger partial charge in [-0.15, -0.1) is 0 Å². The summed E-state index contributed by atoms with van der Waals surface area (Å²) < 4.78 is 0. The fraction of sp³-hybridized carbons (Fsp3) is 0.348. The van der Waals surface area contributed by atoms with Crippen molar-refractivity contribution in [2.24, 2.45) is 0 Å². The van der Waals surface area contributed by atoms with Crippen LogP contribution in [-0.4, -0.2) is 43.0 Å². The molecule has 1 aliphatic carbocycles. The molecule has 2 aliphatic rings. The smallest absolute Gasteiger partial charge is 0.0918 e. The number of hydrogen-bond acceptors (Lipinski definition) is 3. The van der Waals surface area contributed by atoms with Crippen LogP contribution >= 0.6 is 0 Å². The van der Waals surface area contributed by atoms with Crippen molar-refractivity contribution < 1.29 is 0 Å². The van der Waals surface area contributed by atoms with E-state index in [4.69, 9.17) is 0 Å². The zero-order valence-electron chi connectivity index (χ0n) is 15.4. The van der Waals surface area contributed by atoms with Gasteiger partial charge in [-0.25, -0.2) is 0 Å². The predicted octanol–water partition coefficient (Wildman–Crippen LogP) is 3.88. The highest BCUT2D eigenvalue weighted by Crippen LogP contribution is 2.40. The molecule has 2 aromatic carbocycles. The molecule has 1 unspecified atom stereocenters. The molecule has 26 heavy (non-hydrogen) atoms. The SMILES string of the molecule is CN1CCCN(C2Cc3ccccc3/C(=C/C#N)c3ccccc32)CC1. The summed E-state index contributed by atoms with van der Waals surface area (Å²) >= 11 is 0. The summed E-state index contributed by atoms with van der Waals surface area (Å²) in [6, 6.07) is 19.9. The number of allylic oxidation sites excluding steroid dienone is 1. The Morgan fingerprint density at radius 3 is 2.58 bits per heavy atom. The Bertz CT molecular complexity index is 862. The maximum atomic E-state index is 9.40. The average molecular weight is 343 g/mol. The second kappa shape index (κ2) is 7.45. The molecule has 1 heterocycles. The van der Waals surface area contributed by atoms with E-state index in [9.17, 15) is 5.26 Å². The summed E-state index contributed by atoms with van der Waals surface area (Å²) in [5.74, 6) is 0. The number of hydrogen-bond donors (Lipinski definition) is 0. The van der Waals surface area contributed by atoms with E-state index in [0.717, 1.165) is 31.6 Å². The van der Waals surface area contributed by atoms with Crippen LogP contribution in [0.25, 0.3) is 5.57 Å². The van der Waals surface area contributed by atoms with Crippen LogP contribution < -0.4 is 0 Å². The fourth-order valence-corrected chi connectivity index (χ4v) is 4.38. The first kappa shape index (κ1) is 17.0. The molecule has 1 saturated heterocycles. The van der Waals surface area contributed by atoms with Gasteiger partial charge >= 0.3 is 0 Å². The van der Waals surface area contributed by atoms with Gasteiger partial charge in [-0.1, -0.05) is 48.5 Å². The quantitative estimate of drug-likeness (QED) is 0.736. The van der Waals surface area contributed by atoms with Gasteiger partial charge in [0, 0.05) is 31.8 Å². The summed E-state index contributed by atoms with van der Waals surface area (Å²) in [6.07, 6.45) is 3.92. The first-order valence-corrected chi connectivity index (χ1v) is 9.48. The summed E-state index contributed by atoms with van der Waals surface area (Å²) in [6.45, 7) is 4.50. The van der Waals surface area contributed by atoms with Crippen LogP contribution in [-0.2, 0) is 6.42 Å². The highest BCUT2D eigenvalue weighted by molar-refractivity contribution is 5.85. The van der Waals surface area contributed by atoms with Gasteiger partial charge in [0.1, 0.15) is 0 Å². The molecule has 3 heteroatoms. The van der Waals surface area contributed by atoms with Crippen molar-refractivity contribution in [2.45, 2.75) is 18.9 Å². The summed E-state index contributed by atoms with van der Waals surface area (Å²) in [4.78, 5) is 5.08. The van der Waals surface area contributed by atoms with Crippen molar-refractivity contribution in [3.63, 3.8) is 0 Å². The lowest BCUT2D eigenvalue weighted by molar-refractivity contribution is 0.202.